The van der Waals surface area contributed by atoms with E-state index in [4.69, 9.17) is 9.84 Å². The highest BCUT2D eigenvalue weighted by Gasteiger charge is 2.33. The standard InChI is InChI=1S/C18H25NO4/c1-12(14-4-6-15(23-3)7-5-14)10-17(20)19-9-8-16(18(21)22)13(2)11-19/h4-7,12-13,16H,8-11H2,1-3H3,(H,21,22). The fraction of sp³-hybridized carbons (Fsp3) is 0.556. The SMILES string of the molecule is COc1ccc(C(C)CC(=O)N2CCC(C(=O)O)C(C)C2)cc1. The van der Waals surface area contributed by atoms with E-state index in [2.05, 4.69) is 0 Å². The van der Waals surface area contributed by atoms with Crippen molar-refractivity contribution in [1.29, 1.82) is 0 Å². The van der Waals surface area contributed by atoms with Crippen LogP contribution in [0.2, 0.25) is 0 Å². The minimum atomic E-state index is -0.754. The topological polar surface area (TPSA) is 66.8 Å². The molecule has 5 heteroatoms. The highest BCUT2D eigenvalue weighted by atomic mass is 16.5. The Morgan fingerprint density at radius 3 is 2.52 bits per heavy atom. The van der Waals surface area contributed by atoms with E-state index in [-0.39, 0.29) is 23.7 Å². The minimum Gasteiger partial charge on any atom is -0.497 e. The number of aliphatic carboxylic acids is 1. The van der Waals surface area contributed by atoms with Crippen LogP contribution in [0.5, 0.6) is 5.75 Å². The second-order valence-electron chi connectivity index (χ2n) is 6.43. The maximum absolute atomic E-state index is 12.5. The molecular formula is C18H25NO4. The molecule has 1 aromatic rings. The lowest BCUT2D eigenvalue weighted by molar-refractivity contribution is -0.148. The number of amides is 1. The molecule has 1 aromatic carbocycles. The largest absolute Gasteiger partial charge is 0.497 e. The zero-order valence-electron chi connectivity index (χ0n) is 14.0. The number of benzene rings is 1. The first-order valence-electron chi connectivity index (χ1n) is 8.07. The number of likely N-dealkylation sites (tertiary alicyclic amines) is 1. The van der Waals surface area contributed by atoms with Gasteiger partial charge in [-0.1, -0.05) is 26.0 Å². The lowest BCUT2D eigenvalue weighted by atomic mass is 9.86. The van der Waals surface area contributed by atoms with Crippen molar-refractivity contribution in [3.8, 4) is 5.75 Å². The molecule has 0 aliphatic carbocycles. The summed E-state index contributed by atoms with van der Waals surface area (Å²) in [5.74, 6) is -0.0579. The van der Waals surface area contributed by atoms with Gasteiger partial charge in [0.15, 0.2) is 0 Å². The molecule has 1 heterocycles. The molecule has 1 aliphatic heterocycles. The van der Waals surface area contributed by atoms with Gasteiger partial charge in [0.05, 0.1) is 13.0 Å². The molecule has 2 rings (SSSR count). The van der Waals surface area contributed by atoms with Gasteiger partial charge in [0.1, 0.15) is 5.75 Å². The molecule has 126 valence electrons. The summed E-state index contributed by atoms with van der Waals surface area (Å²) >= 11 is 0. The van der Waals surface area contributed by atoms with Gasteiger partial charge in [0, 0.05) is 19.5 Å². The van der Waals surface area contributed by atoms with Crippen LogP contribution < -0.4 is 4.74 Å². The minimum absolute atomic E-state index is 0.00138. The van der Waals surface area contributed by atoms with Crippen LogP contribution in [0, 0.1) is 11.8 Å². The van der Waals surface area contributed by atoms with Crippen LogP contribution in [0.1, 0.15) is 38.2 Å². The molecule has 1 N–H and O–H groups in total. The van der Waals surface area contributed by atoms with E-state index in [1.807, 2.05) is 43.0 Å². The summed E-state index contributed by atoms with van der Waals surface area (Å²) in [5, 5.41) is 9.16. The van der Waals surface area contributed by atoms with E-state index >= 15 is 0 Å². The summed E-state index contributed by atoms with van der Waals surface area (Å²) in [6.45, 7) is 5.01. The summed E-state index contributed by atoms with van der Waals surface area (Å²) in [6, 6.07) is 7.76. The van der Waals surface area contributed by atoms with Crippen molar-refractivity contribution in [3.63, 3.8) is 0 Å². The van der Waals surface area contributed by atoms with Gasteiger partial charge < -0.3 is 14.7 Å². The maximum Gasteiger partial charge on any atom is 0.306 e. The number of nitrogens with zero attached hydrogens (tertiary/aromatic N) is 1. The summed E-state index contributed by atoms with van der Waals surface area (Å²) in [5.41, 5.74) is 1.10. The normalized spacial score (nSPS) is 22.5. The number of carbonyl (C=O) groups excluding carboxylic acids is 1. The fourth-order valence-corrected chi connectivity index (χ4v) is 3.18. The highest BCUT2D eigenvalue weighted by Crippen LogP contribution is 2.27. The Bertz CT molecular complexity index is 555. The molecule has 5 nitrogen and oxygen atoms in total. The van der Waals surface area contributed by atoms with Gasteiger partial charge in [0.25, 0.3) is 0 Å². The number of carbonyl (C=O) groups is 2. The van der Waals surface area contributed by atoms with Crippen LogP contribution in [0.4, 0.5) is 0 Å². The molecule has 3 atom stereocenters. The van der Waals surface area contributed by atoms with Crippen molar-refractivity contribution in [1.82, 2.24) is 4.90 Å². The molecule has 3 unspecified atom stereocenters. The Labute approximate surface area is 137 Å². The van der Waals surface area contributed by atoms with E-state index in [1.54, 1.807) is 7.11 Å². The van der Waals surface area contributed by atoms with Gasteiger partial charge in [-0.05, 0) is 36.0 Å². The molecule has 0 saturated carbocycles. The number of hydrogen-bond donors (Lipinski definition) is 1. The summed E-state index contributed by atoms with van der Waals surface area (Å²) in [6.07, 6.45) is 0.982. The molecule has 1 amide bonds. The average molecular weight is 319 g/mol. The summed E-state index contributed by atoms with van der Waals surface area (Å²) in [7, 11) is 1.63. The number of carboxylic acid groups (broad SMARTS) is 1. The Kier molecular flexibility index (Phi) is 5.64. The monoisotopic (exact) mass is 319 g/mol. The maximum atomic E-state index is 12.5. The third kappa shape index (κ3) is 4.24. The van der Waals surface area contributed by atoms with Gasteiger partial charge in [-0.2, -0.15) is 0 Å². The second kappa shape index (κ2) is 7.49. The molecule has 1 saturated heterocycles. The quantitative estimate of drug-likeness (QED) is 0.906. The van der Waals surface area contributed by atoms with Gasteiger partial charge >= 0.3 is 5.97 Å². The van der Waals surface area contributed by atoms with E-state index in [0.29, 0.717) is 25.9 Å². The van der Waals surface area contributed by atoms with Gasteiger partial charge in [-0.25, -0.2) is 0 Å². The number of methoxy groups -OCH3 is 1. The average Bonchev–Trinajstić information content (AvgIpc) is 2.54. The van der Waals surface area contributed by atoms with Crippen LogP contribution in [-0.2, 0) is 9.59 Å². The smallest absolute Gasteiger partial charge is 0.306 e. The molecule has 0 bridgehead atoms. The third-order valence-electron chi connectivity index (χ3n) is 4.74. The van der Waals surface area contributed by atoms with E-state index < -0.39 is 5.97 Å². The first-order chi connectivity index (χ1) is 10.9. The fourth-order valence-electron chi connectivity index (χ4n) is 3.18. The Morgan fingerprint density at radius 2 is 2.00 bits per heavy atom. The van der Waals surface area contributed by atoms with Crippen molar-refractivity contribution in [2.24, 2.45) is 11.8 Å². The second-order valence-corrected chi connectivity index (χ2v) is 6.43. The van der Waals surface area contributed by atoms with Crippen molar-refractivity contribution in [2.75, 3.05) is 20.2 Å². The zero-order chi connectivity index (χ0) is 17.0. The lowest BCUT2D eigenvalue weighted by Gasteiger charge is -2.35. The number of carboxylic acids is 1. The Morgan fingerprint density at radius 1 is 1.35 bits per heavy atom. The number of piperidine rings is 1. The summed E-state index contributed by atoms with van der Waals surface area (Å²) in [4.78, 5) is 25.4. The first kappa shape index (κ1) is 17.3. The lowest BCUT2D eigenvalue weighted by Crippen LogP contribution is -2.45. The van der Waals surface area contributed by atoms with Gasteiger partial charge in [-0.15, -0.1) is 0 Å². The van der Waals surface area contributed by atoms with E-state index in [9.17, 15) is 9.59 Å². The van der Waals surface area contributed by atoms with Gasteiger partial charge in [-0.3, -0.25) is 9.59 Å². The first-order valence-corrected chi connectivity index (χ1v) is 8.07. The van der Waals surface area contributed by atoms with E-state index in [1.165, 1.54) is 0 Å². The predicted octanol–water partition coefficient (Wildman–Crippen LogP) is 2.76. The zero-order valence-corrected chi connectivity index (χ0v) is 14.0. The number of ether oxygens (including phenoxy) is 1. The molecule has 1 fully saturated rings. The number of rotatable bonds is 5. The number of hydrogen-bond acceptors (Lipinski definition) is 3. The van der Waals surface area contributed by atoms with Crippen molar-refractivity contribution >= 4 is 11.9 Å². The van der Waals surface area contributed by atoms with Crippen LogP contribution in [0.15, 0.2) is 24.3 Å². The van der Waals surface area contributed by atoms with Crippen LogP contribution >= 0.6 is 0 Å². The van der Waals surface area contributed by atoms with Crippen molar-refractivity contribution < 1.29 is 19.4 Å². The third-order valence-corrected chi connectivity index (χ3v) is 4.74. The van der Waals surface area contributed by atoms with Crippen molar-refractivity contribution in [3.05, 3.63) is 29.8 Å². The molecule has 0 radical (unpaired) electrons. The van der Waals surface area contributed by atoms with Gasteiger partial charge in [0.2, 0.25) is 5.91 Å². The van der Waals surface area contributed by atoms with E-state index in [0.717, 1.165) is 11.3 Å². The Hall–Kier alpha value is -2.04. The van der Waals surface area contributed by atoms with Crippen LogP contribution in [0.3, 0.4) is 0 Å². The summed E-state index contributed by atoms with van der Waals surface area (Å²) < 4.78 is 5.14. The van der Waals surface area contributed by atoms with Crippen molar-refractivity contribution in [2.45, 2.75) is 32.6 Å². The van der Waals surface area contributed by atoms with Crippen LogP contribution in [-0.4, -0.2) is 42.1 Å². The molecule has 23 heavy (non-hydrogen) atoms. The molecular weight excluding hydrogens is 294 g/mol. The highest BCUT2D eigenvalue weighted by molar-refractivity contribution is 5.78. The Balaban J connectivity index is 1.92. The molecule has 1 aliphatic rings. The van der Waals surface area contributed by atoms with Crippen LogP contribution in [0.25, 0.3) is 0 Å². The molecule has 0 spiro atoms. The predicted molar refractivity (Wildman–Crippen MR) is 87.5 cm³/mol. The molecule has 0 aromatic heterocycles.